The van der Waals surface area contributed by atoms with Gasteiger partial charge >= 0.3 is 0 Å². The molecule has 2 heterocycles. The maximum Gasteiger partial charge on any atom is 0.191 e. The van der Waals surface area contributed by atoms with E-state index in [1.807, 2.05) is 11.7 Å². The Hall–Kier alpha value is -1.63. The van der Waals surface area contributed by atoms with Crippen LogP contribution in [0.5, 0.6) is 0 Å². The van der Waals surface area contributed by atoms with Gasteiger partial charge in [-0.05, 0) is 31.1 Å². The fraction of sp³-hybridized carbons (Fsp3) is 0.833. The van der Waals surface area contributed by atoms with E-state index in [2.05, 4.69) is 32.6 Å². The standard InChI is InChI=1S/C18H32N6O/c1-4-18(9-5-6-10-18)13-20-17(19-2)21-14-7-8-16-22-15(12-25-3)23-24(16)11-14/h14H,4-13H2,1-3H3,(H2,19,20,21). The minimum atomic E-state index is 0.331. The van der Waals surface area contributed by atoms with Crippen LogP contribution in [0.4, 0.5) is 0 Å². The summed E-state index contributed by atoms with van der Waals surface area (Å²) < 4.78 is 7.14. The van der Waals surface area contributed by atoms with E-state index in [0.717, 1.165) is 43.5 Å². The average molecular weight is 348 g/mol. The molecule has 25 heavy (non-hydrogen) atoms. The maximum absolute atomic E-state index is 5.13. The Kier molecular flexibility index (Phi) is 5.93. The Bertz CT molecular complexity index is 590. The van der Waals surface area contributed by atoms with Crippen LogP contribution < -0.4 is 10.6 Å². The smallest absolute Gasteiger partial charge is 0.191 e. The number of hydrogen-bond acceptors (Lipinski definition) is 4. The van der Waals surface area contributed by atoms with Crippen LogP contribution in [0.25, 0.3) is 0 Å². The molecule has 0 saturated heterocycles. The van der Waals surface area contributed by atoms with Gasteiger partial charge in [0, 0.05) is 33.2 Å². The van der Waals surface area contributed by atoms with Gasteiger partial charge in [0.15, 0.2) is 11.8 Å². The lowest BCUT2D eigenvalue weighted by molar-refractivity contribution is 0.177. The Balaban J connectivity index is 1.53. The van der Waals surface area contributed by atoms with Gasteiger partial charge in [0.1, 0.15) is 12.4 Å². The summed E-state index contributed by atoms with van der Waals surface area (Å²) in [6.07, 6.45) is 8.62. The fourth-order valence-corrected chi connectivity index (χ4v) is 4.11. The van der Waals surface area contributed by atoms with Gasteiger partial charge in [0.2, 0.25) is 0 Å². The van der Waals surface area contributed by atoms with Crippen LogP contribution in [0, 0.1) is 5.41 Å². The van der Waals surface area contributed by atoms with Crippen molar-refractivity contribution in [2.75, 3.05) is 20.7 Å². The first-order chi connectivity index (χ1) is 12.2. The van der Waals surface area contributed by atoms with Crippen LogP contribution in [0.1, 0.15) is 57.1 Å². The number of nitrogens with zero attached hydrogens (tertiary/aromatic N) is 4. The predicted octanol–water partition coefficient (Wildman–Crippen LogP) is 1.87. The number of nitrogens with one attached hydrogen (secondary N) is 2. The summed E-state index contributed by atoms with van der Waals surface area (Å²) in [5, 5.41) is 11.7. The summed E-state index contributed by atoms with van der Waals surface area (Å²) in [5.41, 5.74) is 0.457. The Morgan fingerprint density at radius 3 is 2.88 bits per heavy atom. The molecule has 1 aliphatic carbocycles. The van der Waals surface area contributed by atoms with E-state index in [1.165, 1.54) is 32.1 Å². The molecule has 1 aromatic rings. The number of aliphatic imine (C=N–C) groups is 1. The number of ether oxygens (including phenoxy) is 1. The molecule has 7 heteroatoms. The number of fused-ring (bicyclic) bond motifs is 1. The number of methoxy groups -OCH3 is 1. The van der Waals surface area contributed by atoms with Gasteiger partial charge in [0.05, 0.1) is 6.54 Å². The largest absolute Gasteiger partial charge is 0.377 e. The lowest BCUT2D eigenvalue weighted by Crippen LogP contribution is -2.49. The number of rotatable bonds is 6. The predicted molar refractivity (Wildman–Crippen MR) is 98.5 cm³/mol. The lowest BCUT2D eigenvalue weighted by Gasteiger charge is -2.30. The molecule has 0 bridgehead atoms. The summed E-state index contributed by atoms with van der Waals surface area (Å²) in [4.78, 5) is 8.96. The highest BCUT2D eigenvalue weighted by molar-refractivity contribution is 5.80. The van der Waals surface area contributed by atoms with Crippen molar-refractivity contribution in [3.63, 3.8) is 0 Å². The topological polar surface area (TPSA) is 76.4 Å². The first-order valence-corrected chi connectivity index (χ1v) is 9.57. The quantitative estimate of drug-likeness (QED) is 0.606. The molecule has 1 aromatic heterocycles. The van der Waals surface area contributed by atoms with Gasteiger partial charge in [-0.2, -0.15) is 5.10 Å². The molecule has 0 aromatic carbocycles. The Morgan fingerprint density at radius 2 is 2.20 bits per heavy atom. The molecule has 2 N–H and O–H groups in total. The van der Waals surface area contributed by atoms with Crippen molar-refractivity contribution in [3.05, 3.63) is 11.6 Å². The van der Waals surface area contributed by atoms with Crippen molar-refractivity contribution >= 4 is 5.96 Å². The second-order valence-electron chi connectivity index (χ2n) is 7.43. The van der Waals surface area contributed by atoms with Gasteiger partial charge in [-0.1, -0.05) is 19.8 Å². The van der Waals surface area contributed by atoms with E-state index in [0.29, 0.717) is 18.1 Å². The second-order valence-corrected chi connectivity index (χ2v) is 7.43. The summed E-state index contributed by atoms with van der Waals surface area (Å²) in [7, 11) is 3.52. The zero-order valence-electron chi connectivity index (χ0n) is 15.8. The SMILES string of the molecule is CCC1(CNC(=NC)NC2CCc3nc(COC)nn3C2)CCCC1. The van der Waals surface area contributed by atoms with E-state index >= 15 is 0 Å². The zero-order valence-corrected chi connectivity index (χ0v) is 15.8. The number of hydrogen-bond donors (Lipinski definition) is 2. The van der Waals surface area contributed by atoms with Crippen molar-refractivity contribution in [1.82, 2.24) is 25.4 Å². The molecule has 0 spiro atoms. The van der Waals surface area contributed by atoms with E-state index in [9.17, 15) is 0 Å². The van der Waals surface area contributed by atoms with Crippen molar-refractivity contribution in [2.45, 2.75) is 71.1 Å². The summed E-state index contributed by atoms with van der Waals surface area (Å²) in [6.45, 7) is 4.63. The molecule has 7 nitrogen and oxygen atoms in total. The van der Waals surface area contributed by atoms with Crippen molar-refractivity contribution in [2.24, 2.45) is 10.4 Å². The van der Waals surface area contributed by atoms with Crippen LogP contribution in [0.3, 0.4) is 0 Å². The van der Waals surface area contributed by atoms with Crippen LogP contribution in [-0.2, 0) is 24.3 Å². The van der Waals surface area contributed by atoms with Crippen LogP contribution in [0.15, 0.2) is 4.99 Å². The van der Waals surface area contributed by atoms with Crippen LogP contribution >= 0.6 is 0 Å². The minimum Gasteiger partial charge on any atom is -0.377 e. The molecule has 1 fully saturated rings. The van der Waals surface area contributed by atoms with Crippen LogP contribution in [0.2, 0.25) is 0 Å². The summed E-state index contributed by atoms with van der Waals surface area (Å²) in [6, 6.07) is 0.331. The Labute approximate surface area is 150 Å². The zero-order chi connectivity index (χ0) is 17.7. The van der Waals surface area contributed by atoms with E-state index < -0.39 is 0 Å². The molecule has 2 aliphatic rings. The molecular weight excluding hydrogens is 316 g/mol. The third-order valence-corrected chi connectivity index (χ3v) is 5.78. The highest BCUT2D eigenvalue weighted by atomic mass is 16.5. The maximum atomic E-state index is 5.13. The molecule has 0 radical (unpaired) electrons. The van der Waals surface area contributed by atoms with Crippen molar-refractivity contribution in [3.8, 4) is 0 Å². The van der Waals surface area contributed by atoms with Gasteiger partial charge in [0.25, 0.3) is 0 Å². The molecule has 1 atom stereocenters. The normalized spacial score (nSPS) is 22.7. The first-order valence-electron chi connectivity index (χ1n) is 9.57. The highest BCUT2D eigenvalue weighted by Gasteiger charge is 2.32. The van der Waals surface area contributed by atoms with E-state index in [-0.39, 0.29) is 0 Å². The number of guanidine groups is 1. The van der Waals surface area contributed by atoms with Gasteiger partial charge < -0.3 is 15.4 Å². The molecular formula is C18H32N6O. The summed E-state index contributed by atoms with van der Waals surface area (Å²) in [5.74, 6) is 2.74. The van der Waals surface area contributed by atoms with E-state index in [1.54, 1.807) is 7.11 Å². The average Bonchev–Trinajstić information content (AvgIpc) is 3.25. The van der Waals surface area contributed by atoms with Crippen molar-refractivity contribution < 1.29 is 4.74 Å². The molecule has 3 rings (SSSR count). The van der Waals surface area contributed by atoms with Crippen LogP contribution in [-0.4, -0.2) is 47.5 Å². The molecule has 1 aliphatic heterocycles. The molecule has 140 valence electrons. The molecule has 0 amide bonds. The first kappa shape index (κ1) is 18.2. The third-order valence-electron chi connectivity index (χ3n) is 5.78. The van der Waals surface area contributed by atoms with Gasteiger partial charge in [-0.15, -0.1) is 0 Å². The fourth-order valence-electron chi connectivity index (χ4n) is 4.11. The number of aromatic nitrogens is 3. The van der Waals surface area contributed by atoms with Gasteiger partial charge in [-0.25, -0.2) is 9.67 Å². The van der Waals surface area contributed by atoms with Crippen molar-refractivity contribution in [1.29, 1.82) is 0 Å². The monoisotopic (exact) mass is 348 g/mol. The minimum absolute atomic E-state index is 0.331. The summed E-state index contributed by atoms with van der Waals surface area (Å²) >= 11 is 0. The second kappa shape index (κ2) is 8.17. The Morgan fingerprint density at radius 1 is 1.40 bits per heavy atom. The number of aryl methyl sites for hydroxylation is 1. The van der Waals surface area contributed by atoms with Gasteiger partial charge in [-0.3, -0.25) is 4.99 Å². The third kappa shape index (κ3) is 4.32. The molecule has 1 saturated carbocycles. The lowest BCUT2D eigenvalue weighted by atomic mass is 9.83. The highest BCUT2D eigenvalue weighted by Crippen LogP contribution is 2.40. The van der Waals surface area contributed by atoms with E-state index in [4.69, 9.17) is 4.74 Å². The molecule has 1 unspecified atom stereocenters.